The van der Waals surface area contributed by atoms with Gasteiger partial charge in [0.2, 0.25) is 5.91 Å². The van der Waals surface area contributed by atoms with Crippen LogP contribution in [0.5, 0.6) is 11.5 Å². The highest BCUT2D eigenvalue weighted by Gasteiger charge is 2.18. The number of hydrogen-bond acceptors (Lipinski definition) is 5. The van der Waals surface area contributed by atoms with Crippen LogP contribution in [0.3, 0.4) is 0 Å². The summed E-state index contributed by atoms with van der Waals surface area (Å²) in [7, 11) is 0. The lowest BCUT2D eigenvalue weighted by atomic mass is 10.1. The molecule has 0 fully saturated rings. The van der Waals surface area contributed by atoms with Crippen LogP contribution in [0.1, 0.15) is 12.5 Å². The molecule has 0 radical (unpaired) electrons. The molecule has 0 aliphatic rings. The van der Waals surface area contributed by atoms with Gasteiger partial charge in [0.25, 0.3) is 5.69 Å². The number of non-ortho nitro benzene ring substituents is 1. The lowest BCUT2D eigenvalue weighted by Crippen LogP contribution is -2.24. The number of amides is 1. The number of carbonyl (C=O) groups excluding carboxylic acids is 1. The van der Waals surface area contributed by atoms with Crippen molar-refractivity contribution in [1.29, 1.82) is 0 Å². The van der Waals surface area contributed by atoms with Crippen LogP contribution < -0.4 is 10.1 Å². The fraction of sp³-hybridized carbons (Fsp3) is 0.200. The quantitative estimate of drug-likeness (QED) is 0.381. The molecule has 1 aromatic heterocycles. The number of hydrogen-bond donors (Lipinski definition) is 1. The first-order chi connectivity index (χ1) is 14.2. The maximum Gasteiger partial charge on any atom is 0.275 e. The van der Waals surface area contributed by atoms with E-state index in [1.165, 1.54) is 24.4 Å². The van der Waals surface area contributed by atoms with Gasteiger partial charge >= 0.3 is 0 Å². The van der Waals surface area contributed by atoms with Gasteiger partial charge in [-0.25, -0.2) is 0 Å². The van der Waals surface area contributed by atoms with Crippen molar-refractivity contribution in [2.45, 2.75) is 20.4 Å². The molecule has 0 saturated carbocycles. The summed E-state index contributed by atoms with van der Waals surface area (Å²) >= 11 is 11.8. The van der Waals surface area contributed by atoms with Crippen molar-refractivity contribution in [1.82, 2.24) is 9.78 Å². The van der Waals surface area contributed by atoms with Crippen LogP contribution in [-0.2, 0) is 11.3 Å². The Morgan fingerprint density at radius 1 is 1.27 bits per heavy atom. The summed E-state index contributed by atoms with van der Waals surface area (Å²) in [5.74, 6) is -0.0589. The largest absolute Gasteiger partial charge is 0.457 e. The van der Waals surface area contributed by atoms with E-state index in [1.54, 1.807) is 36.0 Å². The van der Waals surface area contributed by atoms with Crippen molar-refractivity contribution in [3.63, 3.8) is 0 Å². The molecule has 0 saturated heterocycles. The van der Waals surface area contributed by atoms with Crippen molar-refractivity contribution in [2.24, 2.45) is 5.92 Å². The molecular formula is C20H18Cl2N4O4. The Kier molecular flexibility index (Phi) is 6.59. The van der Waals surface area contributed by atoms with Gasteiger partial charge in [0.05, 0.1) is 40.4 Å². The van der Waals surface area contributed by atoms with Gasteiger partial charge in [-0.2, -0.15) is 5.10 Å². The van der Waals surface area contributed by atoms with Crippen LogP contribution in [0.4, 0.5) is 11.4 Å². The zero-order valence-corrected chi connectivity index (χ0v) is 17.6. The predicted octanol–water partition coefficient (Wildman–Crippen LogP) is 5.47. The molecule has 156 valence electrons. The van der Waals surface area contributed by atoms with E-state index in [9.17, 15) is 14.9 Å². The monoisotopic (exact) mass is 448 g/mol. The summed E-state index contributed by atoms with van der Waals surface area (Å²) in [6.45, 7) is 3.84. The molecule has 0 aliphatic heterocycles. The Labute approximate surface area is 182 Å². The van der Waals surface area contributed by atoms with Gasteiger partial charge in [0, 0.05) is 23.4 Å². The first kappa shape index (κ1) is 21.6. The fourth-order valence-electron chi connectivity index (χ4n) is 2.74. The number of halogens is 2. The Hall–Kier alpha value is -3.10. The van der Waals surface area contributed by atoms with E-state index < -0.39 is 10.8 Å². The van der Waals surface area contributed by atoms with Crippen LogP contribution in [0.2, 0.25) is 10.0 Å². The number of nitrogens with one attached hydrogen (secondary N) is 1. The molecule has 10 heteroatoms. The van der Waals surface area contributed by atoms with Crippen LogP contribution in [0, 0.1) is 23.0 Å². The Morgan fingerprint density at radius 3 is 2.67 bits per heavy atom. The number of aromatic nitrogens is 2. The zero-order valence-electron chi connectivity index (χ0n) is 16.1. The number of rotatable bonds is 7. The van der Waals surface area contributed by atoms with E-state index in [1.807, 2.05) is 6.92 Å². The normalized spacial score (nSPS) is 11.7. The third kappa shape index (κ3) is 5.49. The summed E-state index contributed by atoms with van der Waals surface area (Å²) in [6.07, 6.45) is 3.09. The summed E-state index contributed by atoms with van der Waals surface area (Å²) < 4.78 is 7.35. The minimum atomic E-state index is -0.549. The smallest absolute Gasteiger partial charge is 0.275 e. The molecule has 1 N–H and O–H groups in total. The highest BCUT2D eigenvalue weighted by Crippen LogP contribution is 2.32. The topological polar surface area (TPSA) is 99.3 Å². The summed E-state index contributed by atoms with van der Waals surface area (Å²) in [4.78, 5) is 23.3. The second kappa shape index (κ2) is 9.15. The molecule has 0 bridgehead atoms. The zero-order chi connectivity index (χ0) is 21.8. The molecule has 1 amide bonds. The first-order valence-corrected chi connectivity index (χ1v) is 9.69. The van der Waals surface area contributed by atoms with E-state index in [2.05, 4.69) is 10.4 Å². The van der Waals surface area contributed by atoms with Gasteiger partial charge in [-0.05, 0) is 30.7 Å². The standard InChI is InChI=1S/C20H18Cl2N4O4/c1-12-5-14(21)3-4-19(12)30-18-7-16(6-17(8-18)26(28)29)24-20(27)13(2)10-25-11-15(22)9-23-25/h3-9,11,13H,10H2,1-2H3,(H,24,27). The molecule has 2 aromatic carbocycles. The molecule has 0 aliphatic carbocycles. The molecule has 1 heterocycles. The van der Waals surface area contributed by atoms with Crippen molar-refractivity contribution in [3.8, 4) is 11.5 Å². The van der Waals surface area contributed by atoms with Crippen molar-refractivity contribution in [3.05, 3.63) is 74.5 Å². The van der Waals surface area contributed by atoms with E-state index in [4.69, 9.17) is 27.9 Å². The highest BCUT2D eigenvalue weighted by molar-refractivity contribution is 6.30. The third-order valence-electron chi connectivity index (χ3n) is 4.24. The van der Waals surface area contributed by atoms with Crippen molar-refractivity contribution >= 4 is 40.5 Å². The number of ether oxygens (including phenoxy) is 1. The molecular weight excluding hydrogens is 431 g/mol. The summed E-state index contributed by atoms with van der Waals surface area (Å²) in [6, 6.07) is 9.14. The predicted molar refractivity (Wildman–Crippen MR) is 114 cm³/mol. The Bertz CT molecular complexity index is 1100. The van der Waals surface area contributed by atoms with Crippen molar-refractivity contribution in [2.75, 3.05) is 5.32 Å². The molecule has 3 rings (SSSR count). The summed E-state index contributed by atoms with van der Waals surface area (Å²) in [5.41, 5.74) is 0.813. The average Bonchev–Trinajstić information content (AvgIpc) is 3.08. The van der Waals surface area contributed by atoms with Crippen LogP contribution >= 0.6 is 23.2 Å². The van der Waals surface area contributed by atoms with Crippen LogP contribution in [0.15, 0.2) is 48.8 Å². The van der Waals surface area contributed by atoms with Gasteiger partial charge in [-0.1, -0.05) is 30.1 Å². The molecule has 8 nitrogen and oxygen atoms in total. The number of anilines is 1. The maximum absolute atomic E-state index is 12.6. The van der Waals surface area contributed by atoms with Gasteiger partial charge in [0.1, 0.15) is 11.5 Å². The minimum Gasteiger partial charge on any atom is -0.457 e. The lowest BCUT2D eigenvalue weighted by molar-refractivity contribution is -0.384. The first-order valence-electron chi connectivity index (χ1n) is 8.93. The lowest BCUT2D eigenvalue weighted by Gasteiger charge is -2.14. The fourth-order valence-corrected chi connectivity index (χ4v) is 3.12. The molecule has 0 spiro atoms. The molecule has 30 heavy (non-hydrogen) atoms. The average molecular weight is 449 g/mol. The van der Waals surface area contributed by atoms with Crippen LogP contribution in [-0.4, -0.2) is 20.6 Å². The van der Waals surface area contributed by atoms with Gasteiger partial charge in [0.15, 0.2) is 0 Å². The number of nitrogens with zero attached hydrogens (tertiary/aromatic N) is 3. The number of nitro groups is 1. The number of aryl methyl sites for hydroxylation is 1. The molecule has 1 unspecified atom stereocenters. The number of carbonyl (C=O) groups is 1. The number of nitro benzene ring substituents is 1. The third-order valence-corrected chi connectivity index (χ3v) is 4.67. The Morgan fingerprint density at radius 2 is 2.03 bits per heavy atom. The molecule has 3 aromatic rings. The van der Waals surface area contributed by atoms with Gasteiger partial charge in [-0.3, -0.25) is 19.6 Å². The van der Waals surface area contributed by atoms with Gasteiger partial charge in [-0.15, -0.1) is 0 Å². The minimum absolute atomic E-state index is 0.207. The van der Waals surface area contributed by atoms with E-state index in [0.717, 1.165) is 5.56 Å². The van der Waals surface area contributed by atoms with E-state index >= 15 is 0 Å². The van der Waals surface area contributed by atoms with E-state index in [-0.39, 0.29) is 23.0 Å². The SMILES string of the molecule is Cc1cc(Cl)ccc1Oc1cc(NC(=O)C(C)Cn2cc(Cl)cn2)cc([N+](=O)[O-])c1. The Balaban J connectivity index is 1.79. The maximum atomic E-state index is 12.6. The second-order valence-corrected chi connectivity index (χ2v) is 7.63. The number of benzene rings is 2. The summed E-state index contributed by atoms with van der Waals surface area (Å²) in [5, 5.41) is 19.1. The highest BCUT2D eigenvalue weighted by atomic mass is 35.5. The second-order valence-electron chi connectivity index (χ2n) is 6.76. The van der Waals surface area contributed by atoms with E-state index in [0.29, 0.717) is 22.3 Å². The molecule has 1 atom stereocenters. The van der Waals surface area contributed by atoms with Crippen molar-refractivity contribution < 1.29 is 14.5 Å². The van der Waals surface area contributed by atoms with Gasteiger partial charge < -0.3 is 10.1 Å². The van der Waals surface area contributed by atoms with Crippen LogP contribution in [0.25, 0.3) is 0 Å².